The van der Waals surface area contributed by atoms with Gasteiger partial charge in [-0.05, 0) is 24.8 Å². The average molecular weight is 347 g/mol. The number of halogens is 1. The second-order valence-electron chi connectivity index (χ2n) is 5.88. The Morgan fingerprint density at radius 2 is 1.83 bits per heavy atom. The molecule has 0 unspecified atom stereocenters. The van der Waals surface area contributed by atoms with E-state index in [1.54, 1.807) is 6.08 Å². The third-order valence-electron chi connectivity index (χ3n) is 3.25. The molecule has 0 N–H and O–H groups in total. The zero-order valence-corrected chi connectivity index (χ0v) is 15.1. The van der Waals surface area contributed by atoms with Crippen LogP contribution in [0.5, 0.6) is 5.88 Å². The lowest BCUT2D eigenvalue weighted by atomic mass is 10.1. The highest BCUT2D eigenvalue weighted by Crippen LogP contribution is 2.24. The van der Waals surface area contributed by atoms with Crippen molar-refractivity contribution in [2.24, 2.45) is 5.92 Å². The Morgan fingerprint density at radius 3 is 2.50 bits per heavy atom. The molecular weight excluding hydrogens is 324 g/mol. The number of allylic oxidation sites excluding steroid dienone is 1. The molecule has 0 aliphatic rings. The van der Waals surface area contributed by atoms with E-state index in [2.05, 4.69) is 23.8 Å². The molecule has 5 heteroatoms. The van der Waals surface area contributed by atoms with Crippen LogP contribution in [0.4, 0.5) is 0 Å². The third-order valence-corrected chi connectivity index (χ3v) is 3.49. The molecule has 0 spiro atoms. The lowest BCUT2D eigenvalue weighted by molar-refractivity contribution is 0.103. The highest BCUT2D eigenvalue weighted by Gasteiger charge is 2.14. The van der Waals surface area contributed by atoms with E-state index in [1.165, 1.54) is 6.26 Å². The van der Waals surface area contributed by atoms with Crippen LogP contribution in [-0.2, 0) is 24.4 Å². The molecule has 2 rings (SSSR count). The molecule has 1 aromatic carbocycles. The maximum absolute atomic E-state index is 6.18. The maximum atomic E-state index is 6.18. The maximum Gasteiger partial charge on any atom is 0.257 e. The summed E-state index contributed by atoms with van der Waals surface area (Å²) in [4.78, 5) is 8.96. The van der Waals surface area contributed by atoms with Gasteiger partial charge in [-0.3, -0.25) is 0 Å². The molecule has 0 aliphatic carbocycles. The molecule has 0 atom stereocenters. The van der Waals surface area contributed by atoms with Crippen molar-refractivity contribution >= 4 is 11.6 Å². The molecule has 2 aromatic rings. The van der Waals surface area contributed by atoms with Gasteiger partial charge < -0.3 is 9.47 Å². The number of rotatable bonds is 8. The lowest BCUT2D eigenvalue weighted by Crippen LogP contribution is -2.09. The van der Waals surface area contributed by atoms with Crippen LogP contribution in [0.15, 0.2) is 42.7 Å². The Balaban J connectivity index is 2.14. The summed E-state index contributed by atoms with van der Waals surface area (Å²) >= 11 is 6.18. The summed E-state index contributed by atoms with van der Waals surface area (Å²) in [6.07, 6.45) is 4.10. The Hall–Kier alpha value is -1.91. The van der Waals surface area contributed by atoms with Gasteiger partial charge in [0.2, 0.25) is 0 Å². The first-order chi connectivity index (χ1) is 11.6. The van der Waals surface area contributed by atoms with Gasteiger partial charge in [-0.15, -0.1) is 0 Å². The van der Waals surface area contributed by atoms with Gasteiger partial charge in [-0.1, -0.05) is 61.9 Å². The first kappa shape index (κ1) is 18.4. The molecular formula is C19H23ClN2O2. The largest absolute Gasteiger partial charge is 0.445 e. The predicted octanol–water partition coefficient (Wildman–Crippen LogP) is 4.96. The van der Waals surface area contributed by atoms with Gasteiger partial charge in [-0.2, -0.15) is 0 Å². The summed E-state index contributed by atoms with van der Waals surface area (Å²) in [6.45, 7) is 7.02. The number of nitrogens with zero attached hydrogens (tertiary/aromatic N) is 2. The normalized spacial score (nSPS) is 11.4. The molecule has 0 aliphatic heterocycles. The van der Waals surface area contributed by atoms with E-state index in [-0.39, 0.29) is 5.15 Å². The molecule has 0 amide bonds. The molecule has 4 nitrogen and oxygen atoms in total. The fourth-order valence-corrected chi connectivity index (χ4v) is 2.37. The lowest BCUT2D eigenvalue weighted by Gasteiger charge is -2.13. The number of hydrogen-bond donors (Lipinski definition) is 0. The van der Waals surface area contributed by atoms with Gasteiger partial charge in [0.05, 0.1) is 30.9 Å². The zero-order chi connectivity index (χ0) is 17.4. The van der Waals surface area contributed by atoms with Crippen molar-refractivity contribution in [1.82, 2.24) is 9.97 Å². The summed E-state index contributed by atoms with van der Waals surface area (Å²) in [5.74, 6) is 0.756. The van der Waals surface area contributed by atoms with Crippen molar-refractivity contribution in [3.8, 4) is 5.88 Å². The Kier molecular flexibility index (Phi) is 7.22. The monoisotopic (exact) mass is 346 g/mol. The van der Waals surface area contributed by atoms with E-state index in [9.17, 15) is 0 Å². The van der Waals surface area contributed by atoms with Crippen LogP contribution in [0.2, 0.25) is 5.15 Å². The van der Waals surface area contributed by atoms with E-state index in [0.717, 1.165) is 23.4 Å². The van der Waals surface area contributed by atoms with Crippen LogP contribution >= 0.6 is 11.6 Å². The minimum absolute atomic E-state index is 0.274. The van der Waals surface area contributed by atoms with Crippen LogP contribution in [0.1, 0.15) is 37.7 Å². The molecule has 24 heavy (non-hydrogen) atoms. The highest BCUT2D eigenvalue weighted by atomic mass is 35.5. The minimum atomic E-state index is 0.274. The van der Waals surface area contributed by atoms with Crippen LogP contribution in [-0.4, -0.2) is 9.97 Å². The second kappa shape index (κ2) is 9.40. The Labute approximate surface area is 148 Å². The van der Waals surface area contributed by atoms with E-state index in [4.69, 9.17) is 21.1 Å². The van der Waals surface area contributed by atoms with Gasteiger partial charge in [0.25, 0.3) is 5.88 Å². The molecule has 0 saturated heterocycles. The fraction of sp³-hybridized carbons (Fsp3) is 0.368. The van der Waals surface area contributed by atoms with Gasteiger partial charge in [0.15, 0.2) is 5.15 Å². The summed E-state index contributed by atoms with van der Waals surface area (Å²) in [5.41, 5.74) is 2.75. The molecule has 1 aromatic heterocycles. The van der Waals surface area contributed by atoms with Gasteiger partial charge in [0.1, 0.15) is 0 Å². The quantitative estimate of drug-likeness (QED) is 0.634. The van der Waals surface area contributed by atoms with E-state index in [1.807, 2.05) is 37.3 Å². The first-order valence-electron chi connectivity index (χ1n) is 8.05. The molecule has 0 radical (unpaired) electrons. The van der Waals surface area contributed by atoms with Crippen LogP contribution in [0.3, 0.4) is 0 Å². The van der Waals surface area contributed by atoms with E-state index in [0.29, 0.717) is 25.0 Å². The topological polar surface area (TPSA) is 44.2 Å². The SMILES string of the molecule is CC=COc1nc(COCc2ccccc2)c(CC(C)C)nc1Cl. The van der Waals surface area contributed by atoms with Gasteiger partial charge in [0, 0.05) is 0 Å². The number of benzene rings is 1. The van der Waals surface area contributed by atoms with Crippen LogP contribution < -0.4 is 4.74 Å². The van der Waals surface area contributed by atoms with Crippen molar-refractivity contribution in [2.45, 2.75) is 40.4 Å². The van der Waals surface area contributed by atoms with Crippen molar-refractivity contribution in [1.29, 1.82) is 0 Å². The third kappa shape index (κ3) is 5.62. The van der Waals surface area contributed by atoms with E-state index >= 15 is 0 Å². The summed E-state index contributed by atoms with van der Waals surface area (Å²) < 4.78 is 11.2. The molecule has 128 valence electrons. The Bertz CT molecular complexity index is 673. The fourth-order valence-electron chi connectivity index (χ4n) is 2.18. The predicted molar refractivity (Wildman–Crippen MR) is 96.0 cm³/mol. The highest BCUT2D eigenvalue weighted by molar-refractivity contribution is 6.30. The van der Waals surface area contributed by atoms with Crippen molar-refractivity contribution in [3.63, 3.8) is 0 Å². The standard InChI is InChI=1S/C19H23ClN2O2/c1-4-10-24-19-18(20)21-16(11-14(2)3)17(22-19)13-23-12-15-8-6-5-7-9-15/h4-10,14H,11-13H2,1-3H3. The number of aromatic nitrogens is 2. The summed E-state index contributed by atoms with van der Waals surface area (Å²) in [5, 5.41) is 0.274. The minimum Gasteiger partial charge on any atom is -0.445 e. The van der Waals surface area contributed by atoms with E-state index < -0.39 is 0 Å². The zero-order valence-electron chi connectivity index (χ0n) is 14.3. The number of hydrogen-bond acceptors (Lipinski definition) is 4. The first-order valence-corrected chi connectivity index (χ1v) is 8.42. The van der Waals surface area contributed by atoms with Crippen LogP contribution in [0, 0.1) is 5.92 Å². The molecule has 0 fully saturated rings. The van der Waals surface area contributed by atoms with Crippen LogP contribution in [0.25, 0.3) is 0 Å². The van der Waals surface area contributed by atoms with Gasteiger partial charge in [-0.25, -0.2) is 9.97 Å². The number of ether oxygens (including phenoxy) is 2. The van der Waals surface area contributed by atoms with Gasteiger partial charge >= 0.3 is 0 Å². The smallest absolute Gasteiger partial charge is 0.257 e. The van der Waals surface area contributed by atoms with Crippen molar-refractivity contribution in [3.05, 3.63) is 64.8 Å². The second-order valence-corrected chi connectivity index (χ2v) is 6.23. The molecule has 1 heterocycles. The summed E-state index contributed by atoms with van der Waals surface area (Å²) in [6, 6.07) is 10.0. The summed E-state index contributed by atoms with van der Waals surface area (Å²) in [7, 11) is 0. The molecule has 0 bridgehead atoms. The van der Waals surface area contributed by atoms with Crippen molar-refractivity contribution < 1.29 is 9.47 Å². The molecule has 0 saturated carbocycles. The van der Waals surface area contributed by atoms with Crippen molar-refractivity contribution in [2.75, 3.05) is 0 Å². The average Bonchev–Trinajstić information content (AvgIpc) is 2.56. The Morgan fingerprint density at radius 1 is 1.08 bits per heavy atom.